The Morgan fingerprint density at radius 1 is 1.22 bits per heavy atom. The van der Waals surface area contributed by atoms with Gasteiger partial charge < -0.3 is 10.4 Å². The van der Waals surface area contributed by atoms with Crippen LogP contribution in [0.15, 0.2) is 28.3 Å². The quantitative estimate of drug-likeness (QED) is 0.841. The number of benzene rings is 1. The van der Waals surface area contributed by atoms with Gasteiger partial charge in [-0.05, 0) is 30.7 Å². The van der Waals surface area contributed by atoms with Crippen molar-refractivity contribution < 1.29 is 14.7 Å². The van der Waals surface area contributed by atoms with Crippen LogP contribution in [0.5, 0.6) is 0 Å². The molecule has 4 nitrogen and oxygen atoms in total. The van der Waals surface area contributed by atoms with Gasteiger partial charge in [-0.15, -0.1) is 0 Å². The normalized spacial score (nSPS) is 11.8. The van der Waals surface area contributed by atoms with Crippen molar-refractivity contribution in [2.24, 2.45) is 0 Å². The van der Waals surface area contributed by atoms with Crippen LogP contribution in [-0.4, -0.2) is 17.0 Å². The van der Waals surface area contributed by atoms with Crippen LogP contribution < -0.4 is 5.32 Å². The van der Waals surface area contributed by atoms with Gasteiger partial charge in [0.25, 0.3) is 5.91 Å². The van der Waals surface area contributed by atoms with Crippen molar-refractivity contribution in [2.75, 3.05) is 5.32 Å². The Bertz CT molecular complexity index is 540. The molecule has 0 radical (unpaired) electrons. The standard InChI is InChI=1S/C11H8Cl3NO3/c1-5-4-6(2-3-7(5)12)15-10(16)8(13)9(14)11(17)18/h2-4H,1H3,(H,15,16)(H,17,18)/b9-8-. The molecule has 0 aliphatic carbocycles. The van der Waals surface area contributed by atoms with E-state index in [1.54, 1.807) is 25.1 Å². The van der Waals surface area contributed by atoms with E-state index < -0.39 is 21.9 Å². The second kappa shape index (κ2) is 6.09. The van der Waals surface area contributed by atoms with Gasteiger partial charge in [0.1, 0.15) is 10.1 Å². The minimum atomic E-state index is -1.47. The summed E-state index contributed by atoms with van der Waals surface area (Å²) in [4.78, 5) is 22.1. The molecular weight excluding hydrogens is 300 g/mol. The topological polar surface area (TPSA) is 66.4 Å². The molecule has 18 heavy (non-hydrogen) atoms. The number of carboxylic acid groups (broad SMARTS) is 1. The molecule has 0 aliphatic heterocycles. The van der Waals surface area contributed by atoms with Crippen LogP contribution in [-0.2, 0) is 9.59 Å². The zero-order chi connectivity index (χ0) is 13.9. The molecule has 0 fully saturated rings. The number of nitrogens with one attached hydrogen (secondary N) is 1. The Labute approximate surface area is 118 Å². The molecule has 96 valence electrons. The zero-order valence-corrected chi connectivity index (χ0v) is 11.4. The van der Waals surface area contributed by atoms with Gasteiger partial charge in [0.05, 0.1) is 0 Å². The highest BCUT2D eigenvalue weighted by molar-refractivity contribution is 6.54. The van der Waals surface area contributed by atoms with Crippen molar-refractivity contribution >= 4 is 52.4 Å². The summed E-state index contributed by atoms with van der Waals surface area (Å²) in [6.45, 7) is 1.76. The maximum Gasteiger partial charge on any atom is 0.349 e. The highest BCUT2D eigenvalue weighted by Gasteiger charge is 2.17. The first-order valence-electron chi connectivity index (χ1n) is 4.69. The first kappa shape index (κ1) is 14.8. The Balaban J connectivity index is 2.92. The lowest BCUT2D eigenvalue weighted by Crippen LogP contribution is -2.14. The summed E-state index contributed by atoms with van der Waals surface area (Å²) in [5, 5.41) is 10.2. The van der Waals surface area contributed by atoms with E-state index in [0.717, 1.165) is 5.56 Å². The van der Waals surface area contributed by atoms with Crippen LogP contribution in [0.4, 0.5) is 5.69 Å². The monoisotopic (exact) mass is 307 g/mol. The van der Waals surface area contributed by atoms with Crippen molar-refractivity contribution in [3.63, 3.8) is 0 Å². The average Bonchev–Trinajstić information content (AvgIpc) is 2.31. The predicted octanol–water partition coefficient (Wildman–Crippen LogP) is 3.36. The molecule has 0 saturated carbocycles. The molecule has 2 N–H and O–H groups in total. The molecule has 0 spiro atoms. The lowest BCUT2D eigenvalue weighted by Gasteiger charge is -2.06. The number of aryl methyl sites for hydroxylation is 1. The maximum absolute atomic E-state index is 11.6. The van der Waals surface area contributed by atoms with E-state index in [-0.39, 0.29) is 0 Å². The number of hydrogen-bond acceptors (Lipinski definition) is 2. The largest absolute Gasteiger partial charge is 0.477 e. The number of rotatable bonds is 3. The number of hydrogen-bond donors (Lipinski definition) is 2. The summed E-state index contributed by atoms with van der Waals surface area (Å²) < 4.78 is 0. The number of carbonyl (C=O) groups excluding carboxylic acids is 1. The van der Waals surface area contributed by atoms with Crippen molar-refractivity contribution in [3.8, 4) is 0 Å². The molecule has 0 aromatic heterocycles. The molecule has 0 unspecified atom stereocenters. The molecule has 0 heterocycles. The van der Waals surface area contributed by atoms with Crippen LogP contribution in [0.2, 0.25) is 5.02 Å². The van der Waals surface area contributed by atoms with Gasteiger partial charge >= 0.3 is 5.97 Å². The summed E-state index contributed by atoms with van der Waals surface area (Å²) >= 11 is 16.7. The SMILES string of the molecule is Cc1cc(NC(=O)/C(Cl)=C(/Cl)C(=O)O)ccc1Cl. The molecule has 1 aromatic carbocycles. The zero-order valence-electron chi connectivity index (χ0n) is 9.13. The van der Waals surface area contributed by atoms with E-state index in [4.69, 9.17) is 39.9 Å². The summed E-state index contributed by atoms with van der Waals surface area (Å²) in [6.07, 6.45) is 0. The number of amides is 1. The summed E-state index contributed by atoms with van der Waals surface area (Å²) in [5.41, 5.74) is 1.20. The smallest absolute Gasteiger partial charge is 0.349 e. The second-order valence-corrected chi connectivity index (χ2v) is 4.51. The van der Waals surface area contributed by atoms with Crippen molar-refractivity contribution in [1.29, 1.82) is 0 Å². The molecule has 7 heteroatoms. The number of halogens is 3. The summed E-state index contributed by atoms with van der Waals surface area (Å²) in [5.74, 6) is -2.27. The second-order valence-electron chi connectivity index (χ2n) is 3.35. The minimum absolute atomic E-state index is 0.440. The summed E-state index contributed by atoms with van der Waals surface area (Å²) in [7, 11) is 0. The molecule has 0 bridgehead atoms. The Morgan fingerprint density at radius 3 is 2.33 bits per heavy atom. The van der Waals surface area contributed by atoms with Crippen LogP contribution in [0.25, 0.3) is 0 Å². The van der Waals surface area contributed by atoms with Gasteiger partial charge in [-0.3, -0.25) is 4.79 Å². The highest BCUT2D eigenvalue weighted by Crippen LogP contribution is 2.21. The molecule has 1 rings (SSSR count). The van der Waals surface area contributed by atoms with Crippen molar-refractivity contribution in [3.05, 3.63) is 38.8 Å². The third kappa shape index (κ3) is 3.63. The Hall–Kier alpha value is -1.23. The van der Waals surface area contributed by atoms with Crippen LogP contribution >= 0.6 is 34.8 Å². The third-order valence-electron chi connectivity index (χ3n) is 2.00. The maximum atomic E-state index is 11.6. The Kier molecular flexibility index (Phi) is 5.02. The van der Waals surface area contributed by atoms with Gasteiger partial charge in [0.2, 0.25) is 0 Å². The number of carboxylic acids is 1. The molecule has 1 amide bonds. The molecular formula is C11H8Cl3NO3. The van der Waals surface area contributed by atoms with E-state index in [0.29, 0.717) is 10.7 Å². The van der Waals surface area contributed by atoms with Gasteiger partial charge in [-0.1, -0.05) is 34.8 Å². The van der Waals surface area contributed by atoms with E-state index in [1.165, 1.54) is 0 Å². The Morgan fingerprint density at radius 2 is 1.83 bits per heavy atom. The van der Waals surface area contributed by atoms with Crippen molar-refractivity contribution in [1.82, 2.24) is 0 Å². The molecule has 0 atom stereocenters. The van der Waals surface area contributed by atoms with E-state index in [9.17, 15) is 9.59 Å². The lowest BCUT2D eigenvalue weighted by molar-refractivity contribution is -0.132. The van der Waals surface area contributed by atoms with Crippen LogP contribution in [0.3, 0.4) is 0 Å². The van der Waals surface area contributed by atoms with Gasteiger partial charge in [0.15, 0.2) is 0 Å². The van der Waals surface area contributed by atoms with Gasteiger partial charge in [0, 0.05) is 10.7 Å². The molecule has 1 aromatic rings. The number of anilines is 1. The lowest BCUT2D eigenvalue weighted by atomic mass is 10.2. The third-order valence-corrected chi connectivity index (χ3v) is 3.23. The fraction of sp³-hybridized carbons (Fsp3) is 0.0909. The van der Waals surface area contributed by atoms with Crippen molar-refractivity contribution in [2.45, 2.75) is 6.92 Å². The van der Waals surface area contributed by atoms with Gasteiger partial charge in [-0.25, -0.2) is 4.79 Å². The highest BCUT2D eigenvalue weighted by atomic mass is 35.5. The van der Waals surface area contributed by atoms with Gasteiger partial charge in [-0.2, -0.15) is 0 Å². The minimum Gasteiger partial charge on any atom is -0.477 e. The number of aliphatic carboxylic acids is 1. The van der Waals surface area contributed by atoms with Crippen LogP contribution in [0.1, 0.15) is 5.56 Å². The predicted molar refractivity (Wildman–Crippen MR) is 71.2 cm³/mol. The van der Waals surface area contributed by atoms with E-state index >= 15 is 0 Å². The van der Waals surface area contributed by atoms with E-state index in [1.807, 2.05) is 0 Å². The fourth-order valence-electron chi connectivity index (χ4n) is 1.10. The molecule has 0 aliphatic rings. The first-order chi connectivity index (χ1) is 8.32. The summed E-state index contributed by atoms with van der Waals surface area (Å²) in [6, 6.07) is 4.79. The number of carbonyl (C=O) groups is 2. The molecule has 0 saturated heterocycles. The van der Waals surface area contributed by atoms with Crippen LogP contribution in [0, 0.1) is 6.92 Å². The first-order valence-corrected chi connectivity index (χ1v) is 5.82. The van der Waals surface area contributed by atoms with E-state index in [2.05, 4.69) is 5.32 Å². The fourth-order valence-corrected chi connectivity index (χ4v) is 1.43. The average molecular weight is 309 g/mol.